The van der Waals surface area contributed by atoms with E-state index in [0.29, 0.717) is 89.0 Å². The molecule has 1 aromatic heterocycles. The largest absolute Gasteiger partial charge is 0.496 e. The van der Waals surface area contributed by atoms with Crippen molar-refractivity contribution in [3.8, 4) is 5.75 Å². The number of piperidine rings is 1. The molecule has 0 radical (unpaired) electrons. The standard InChI is InChI=1S/C50H67N5O9.C2HF3O2/c1-9-46(59)25-30-26-49(44(57)62-7,39-32(16-20-54(27-30)28-46)31-14-11-12-15-36(31)52-39)34-23-33-37(24-38(34)61-6)53(5)42-48(33)18-21-55-19-13-17-47(10-2,41(48)55)43(50(42,60)45(58)63-8)64-40(56)35(51)22-29(3)4;3-2(4,5)1(6)7/h11-15,17,23-24,29-30,35,41-43,52,59-60H,9-10,16,18-22,25-28,51H2,1-8H3;(H,6,7)/t30-,35-,41?,42?,43+,46-,47+,48?,49-,50-;/m0./s1. The van der Waals surface area contributed by atoms with Crippen LogP contribution >= 0.6 is 0 Å². The number of H-pyrrole nitrogens is 1. The van der Waals surface area contributed by atoms with E-state index in [9.17, 15) is 33.0 Å². The Morgan fingerprint density at radius 3 is 2.27 bits per heavy atom. The van der Waals surface area contributed by atoms with E-state index in [1.807, 2.05) is 63.9 Å². The Morgan fingerprint density at radius 1 is 0.958 bits per heavy atom. The van der Waals surface area contributed by atoms with Crippen LogP contribution in [-0.4, -0.2) is 157 Å². The summed E-state index contributed by atoms with van der Waals surface area (Å²) in [6.07, 6.45) is 1.01. The van der Waals surface area contributed by atoms with Crippen molar-refractivity contribution in [1.29, 1.82) is 0 Å². The summed E-state index contributed by atoms with van der Waals surface area (Å²) >= 11 is 0. The fourth-order valence-corrected chi connectivity index (χ4v) is 14.1. The number of anilines is 1. The number of aliphatic hydroxyl groups is 2. The predicted molar refractivity (Wildman–Crippen MR) is 256 cm³/mol. The number of carboxylic acids is 1. The van der Waals surface area contributed by atoms with Gasteiger partial charge < -0.3 is 49.9 Å². The molecule has 388 valence electrons. The van der Waals surface area contributed by atoms with Gasteiger partial charge in [-0.15, -0.1) is 0 Å². The number of carbonyl (C=O) groups is 4. The Morgan fingerprint density at radius 2 is 1.65 bits per heavy atom. The number of carbonyl (C=O) groups excluding carboxylic acids is 3. The number of para-hydroxylation sites is 1. The topological polar surface area (TPSA) is 217 Å². The summed E-state index contributed by atoms with van der Waals surface area (Å²) in [5.74, 6) is -4.36. The number of methoxy groups -OCH3 is 3. The molecule has 4 unspecified atom stereocenters. The van der Waals surface area contributed by atoms with E-state index >= 15 is 4.79 Å². The molecule has 1 aliphatic carbocycles. The Labute approximate surface area is 411 Å². The number of ether oxygens (including phenoxy) is 4. The van der Waals surface area contributed by atoms with Gasteiger partial charge in [0.25, 0.3) is 0 Å². The Bertz CT molecular complexity index is 2610. The third-order valence-corrected chi connectivity index (χ3v) is 16.8. The monoisotopic (exact) mass is 995 g/mol. The van der Waals surface area contributed by atoms with Gasteiger partial charge >= 0.3 is 30.1 Å². The summed E-state index contributed by atoms with van der Waals surface area (Å²) in [7, 11) is 6.15. The van der Waals surface area contributed by atoms with Gasteiger partial charge in [0.1, 0.15) is 17.2 Å². The van der Waals surface area contributed by atoms with Gasteiger partial charge in [0.15, 0.2) is 6.10 Å². The van der Waals surface area contributed by atoms with Crippen LogP contribution in [0.2, 0.25) is 0 Å². The van der Waals surface area contributed by atoms with Crippen molar-refractivity contribution in [3.05, 3.63) is 70.9 Å². The SMILES string of the molecule is CC[C@]1(O)C[C@@H]2CN(CCc3c([nH]c4ccccc34)[C@@](C(=O)OC)(c3cc4c(cc3OC)N(C)C3C45CCN4CC=C[C@](CC)(C45)[C@@H](OC(=O)[C@@H](N)CC(C)C)[C@]3(O)C(=O)OC)C2)C1.O=C(O)C(F)(F)F. The zero-order valence-corrected chi connectivity index (χ0v) is 41.7. The van der Waals surface area contributed by atoms with E-state index < -0.39 is 75.7 Å². The molecule has 3 fully saturated rings. The number of nitrogens with one attached hydrogen (secondary N) is 1. The number of hydrogen-bond donors (Lipinski definition) is 5. The fraction of sp³-hybridized carbons (Fsp3) is 0.615. The van der Waals surface area contributed by atoms with Crippen molar-refractivity contribution < 1.29 is 66.6 Å². The molecule has 16 nitrogen and oxygen atoms in total. The van der Waals surface area contributed by atoms with E-state index in [-0.39, 0.29) is 17.9 Å². The molecular formula is C52H68F3N5O11. The smallest absolute Gasteiger partial charge is 0.490 e. The van der Waals surface area contributed by atoms with Gasteiger partial charge in [0, 0.05) is 84.0 Å². The number of aromatic nitrogens is 1. The Balaban J connectivity index is 0.000000900. The molecule has 71 heavy (non-hydrogen) atoms. The number of nitrogens with two attached hydrogens (primary N) is 1. The lowest BCUT2D eigenvalue weighted by atomic mass is 9.47. The van der Waals surface area contributed by atoms with Crippen LogP contribution in [0.3, 0.4) is 0 Å². The van der Waals surface area contributed by atoms with Crippen LogP contribution in [0.25, 0.3) is 10.9 Å². The third kappa shape index (κ3) is 7.99. The van der Waals surface area contributed by atoms with Crippen molar-refractivity contribution >= 4 is 40.5 Å². The van der Waals surface area contributed by atoms with Crippen LogP contribution in [0.1, 0.15) is 88.6 Å². The van der Waals surface area contributed by atoms with Crippen molar-refractivity contribution in [3.63, 3.8) is 0 Å². The maximum absolute atomic E-state index is 15.4. The number of likely N-dealkylation sites (N-methyl/N-ethyl adjacent to an activating group) is 1. The highest BCUT2D eigenvalue weighted by Gasteiger charge is 2.80. The fourth-order valence-electron chi connectivity index (χ4n) is 14.1. The number of aromatic amines is 1. The van der Waals surface area contributed by atoms with E-state index in [1.54, 1.807) is 7.11 Å². The minimum Gasteiger partial charge on any atom is -0.496 e. The number of hydrogen-bond acceptors (Lipinski definition) is 14. The molecule has 6 heterocycles. The van der Waals surface area contributed by atoms with Gasteiger partial charge in [-0.25, -0.2) is 9.59 Å². The highest BCUT2D eigenvalue weighted by atomic mass is 19.4. The molecule has 0 amide bonds. The van der Waals surface area contributed by atoms with Crippen LogP contribution in [0, 0.1) is 17.3 Å². The number of rotatable bonds is 10. The van der Waals surface area contributed by atoms with E-state index in [4.69, 9.17) is 34.6 Å². The Kier molecular flexibility index (Phi) is 13.7. The lowest BCUT2D eigenvalue weighted by molar-refractivity contribution is -0.230. The number of benzene rings is 2. The van der Waals surface area contributed by atoms with Gasteiger partial charge in [0.2, 0.25) is 5.60 Å². The van der Waals surface area contributed by atoms with Crippen LogP contribution in [0.15, 0.2) is 48.6 Å². The molecule has 11 atom stereocenters. The first kappa shape index (κ1) is 52.1. The number of fused-ring (bicyclic) bond motifs is 6. The van der Waals surface area contributed by atoms with E-state index in [2.05, 4.69) is 39.1 Å². The van der Waals surface area contributed by atoms with Gasteiger partial charge in [0.05, 0.1) is 33.0 Å². The zero-order chi connectivity index (χ0) is 51.8. The van der Waals surface area contributed by atoms with Gasteiger partial charge in [-0.2, -0.15) is 13.2 Å². The van der Waals surface area contributed by atoms with Crippen molar-refractivity contribution in [1.82, 2.24) is 14.8 Å². The molecule has 2 saturated heterocycles. The minimum absolute atomic E-state index is 0.103. The maximum atomic E-state index is 15.4. The third-order valence-electron chi connectivity index (χ3n) is 16.8. The highest BCUT2D eigenvalue weighted by Crippen LogP contribution is 2.68. The molecule has 5 aliphatic heterocycles. The summed E-state index contributed by atoms with van der Waals surface area (Å²) in [5.41, 5.74) is 4.53. The predicted octanol–water partition coefficient (Wildman–Crippen LogP) is 4.98. The number of halogens is 3. The summed E-state index contributed by atoms with van der Waals surface area (Å²) in [4.78, 5) is 63.6. The number of esters is 3. The van der Waals surface area contributed by atoms with Gasteiger partial charge in [-0.05, 0) is 86.6 Å². The molecular weight excluding hydrogens is 928 g/mol. The highest BCUT2D eigenvalue weighted by molar-refractivity contribution is 5.95. The first-order chi connectivity index (χ1) is 33.5. The normalized spacial score (nSPS) is 33.2. The number of alkyl halides is 3. The molecule has 1 spiro atoms. The first-order valence-corrected chi connectivity index (χ1v) is 24.6. The van der Waals surface area contributed by atoms with Crippen molar-refractivity contribution in [2.45, 2.75) is 125 Å². The average molecular weight is 996 g/mol. The van der Waals surface area contributed by atoms with Crippen molar-refractivity contribution in [2.75, 3.05) is 66.0 Å². The number of aliphatic carboxylic acids is 1. The van der Waals surface area contributed by atoms with Crippen LogP contribution < -0.4 is 15.4 Å². The molecule has 3 aromatic rings. The molecule has 2 aromatic carbocycles. The second-order valence-electron chi connectivity index (χ2n) is 21.1. The van der Waals surface area contributed by atoms with Crippen LogP contribution in [0.5, 0.6) is 5.75 Å². The van der Waals surface area contributed by atoms with Gasteiger partial charge in [-0.1, -0.05) is 58.0 Å². The molecule has 6 aliphatic rings. The Hall–Kier alpha value is -5.21. The molecule has 1 saturated carbocycles. The number of nitrogens with zero attached hydrogens (tertiary/aromatic N) is 3. The molecule has 9 rings (SSSR count). The first-order valence-electron chi connectivity index (χ1n) is 24.6. The molecule has 6 N–H and O–H groups in total. The average Bonchev–Trinajstić information content (AvgIpc) is 4.00. The second kappa shape index (κ2) is 18.7. The maximum Gasteiger partial charge on any atom is 0.490 e. The van der Waals surface area contributed by atoms with Crippen molar-refractivity contribution in [2.24, 2.45) is 23.0 Å². The summed E-state index contributed by atoms with van der Waals surface area (Å²) in [6.45, 7) is 11.2. The second-order valence-corrected chi connectivity index (χ2v) is 21.1. The van der Waals surface area contributed by atoms with Crippen LogP contribution in [0.4, 0.5) is 18.9 Å². The van der Waals surface area contributed by atoms with E-state index in [1.165, 1.54) is 14.2 Å². The summed E-state index contributed by atoms with van der Waals surface area (Å²) in [5, 5.41) is 33.8. The lowest BCUT2D eigenvalue weighted by Crippen LogP contribution is -2.81. The number of carboxylic acid groups (broad SMARTS) is 1. The van der Waals surface area contributed by atoms with Gasteiger partial charge in [-0.3, -0.25) is 19.4 Å². The summed E-state index contributed by atoms with van der Waals surface area (Å²) in [6, 6.07) is 9.87. The zero-order valence-electron chi connectivity index (χ0n) is 41.7. The molecule has 19 heteroatoms. The minimum atomic E-state index is -5.08. The molecule has 2 bridgehead atoms. The lowest BCUT2D eigenvalue weighted by Gasteiger charge is -2.63. The quantitative estimate of drug-likeness (QED) is 0.103. The van der Waals surface area contributed by atoms with E-state index in [0.717, 1.165) is 33.4 Å². The van der Waals surface area contributed by atoms with Crippen LogP contribution in [-0.2, 0) is 50.6 Å². The summed E-state index contributed by atoms with van der Waals surface area (Å²) < 4.78 is 56.2.